The topological polar surface area (TPSA) is 32.8 Å². The van der Waals surface area contributed by atoms with E-state index in [4.69, 9.17) is 16.3 Å². The van der Waals surface area contributed by atoms with Gasteiger partial charge in [0.2, 0.25) is 5.91 Å². The van der Waals surface area contributed by atoms with Gasteiger partial charge in [0, 0.05) is 39.3 Å². The summed E-state index contributed by atoms with van der Waals surface area (Å²) in [7, 11) is 0. The van der Waals surface area contributed by atoms with Crippen LogP contribution >= 0.6 is 11.6 Å². The lowest BCUT2D eigenvalue weighted by Gasteiger charge is -2.36. The van der Waals surface area contributed by atoms with E-state index in [0.717, 1.165) is 39.3 Å². The predicted molar refractivity (Wildman–Crippen MR) is 67.3 cm³/mol. The molecule has 4 nitrogen and oxygen atoms in total. The average molecular weight is 261 g/mol. The minimum absolute atomic E-state index is 0.0587. The van der Waals surface area contributed by atoms with Crippen LogP contribution in [0.3, 0.4) is 0 Å². The highest BCUT2D eigenvalue weighted by Crippen LogP contribution is 2.15. The third-order valence-corrected chi connectivity index (χ3v) is 3.70. The van der Waals surface area contributed by atoms with Crippen LogP contribution in [0, 0.1) is 0 Å². The average Bonchev–Trinajstić information content (AvgIpc) is 2.82. The zero-order chi connectivity index (χ0) is 12.3. The predicted octanol–water partition coefficient (Wildman–Crippen LogP) is 0.937. The second-order valence-electron chi connectivity index (χ2n) is 4.88. The van der Waals surface area contributed by atoms with Gasteiger partial charge in [0.05, 0.1) is 6.10 Å². The molecule has 0 aliphatic carbocycles. The van der Waals surface area contributed by atoms with Gasteiger partial charge in [-0.25, -0.2) is 0 Å². The van der Waals surface area contributed by atoms with Gasteiger partial charge in [0.1, 0.15) is 5.38 Å². The largest absolute Gasteiger partial charge is 0.377 e. The molecule has 2 aliphatic rings. The third-order valence-electron chi connectivity index (χ3n) is 3.51. The number of halogens is 1. The number of hydrogen-bond donors (Lipinski definition) is 0. The Labute approximate surface area is 108 Å². The summed E-state index contributed by atoms with van der Waals surface area (Å²) >= 11 is 5.81. The van der Waals surface area contributed by atoms with Crippen molar-refractivity contribution >= 4 is 17.5 Å². The van der Waals surface area contributed by atoms with E-state index in [9.17, 15) is 4.79 Å². The van der Waals surface area contributed by atoms with Crippen molar-refractivity contribution in [1.82, 2.24) is 9.80 Å². The van der Waals surface area contributed by atoms with Crippen LogP contribution in [0.4, 0.5) is 0 Å². The van der Waals surface area contributed by atoms with Gasteiger partial charge in [-0.2, -0.15) is 0 Å². The third kappa shape index (κ3) is 3.57. The maximum Gasteiger partial charge on any atom is 0.240 e. The van der Waals surface area contributed by atoms with E-state index in [1.54, 1.807) is 6.92 Å². The lowest BCUT2D eigenvalue weighted by Crippen LogP contribution is -2.51. The van der Waals surface area contributed by atoms with Gasteiger partial charge < -0.3 is 9.64 Å². The van der Waals surface area contributed by atoms with Gasteiger partial charge in [-0.15, -0.1) is 11.6 Å². The van der Waals surface area contributed by atoms with Crippen molar-refractivity contribution in [2.75, 3.05) is 39.3 Å². The van der Waals surface area contributed by atoms with E-state index in [2.05, 4.69) is 4.90 Å². The van der Waals surface area contributed by atoms with Crippen LogP contribution in [-0.4, -0.2) is 66.5 Å². The van der Waals surface area contributed by atoms with Crippen LogP contribution in [0.25, 0.3) is 0 Å². The SMILES string of the molecule is C[C@@H](Cl)C(=O)N1CCN(C[C@@H]2CCCO2)CC1. The highest BCUT2D eigenvalue weighted by Gasteiger charge is 2.26. The van der Waals surface area contributed by atoms with Crippen molar-refractivity contribution < 1.29 is 9.53 Å². The Morgan fingerprint density at radius 3 is 2.65 bits per heavy atom. The molecule has 0 N–H and O–H groups in total. The van der Waals surface area contributed by atoms with Crippen LogP contribution in [-0.2, 0) is 9.53 Å². The van der Waals surface area contributed by atoms with Crippen LogP contribution in [0.5, 0.6) is 0 Å². The van der Waals surface area contributed by atoms with Gasteiger partial charge in [-0.05, 0) is 19.8 Å². The molecule has 0 radical (unpaired) electrons. The summed E-state index contributed by atoms with van der Waals surface area (Å²) in [6, 6.07) is 0. The van der Waals surface area contributed by atoms with Gasteiger partial charge in [-0.3, -0.25) is 9.69 Å². The van der Waals surface area contributed by atoms with Crippen molar-refractivity contribution in [2.45, 2.75) is 31.2 Å². The number of piperazine rings is 1. The molecule has 0 aromatic rings. The molecule has 2 atom stereocenters. The first-order valence-electron chi connectivity index (χ1n) is 6.43. The summed E-state index contributed by atoms with van der Waals surface area (Å²) in [5, 5.41) is -0.403. The van der Waals surface area contributed by atoms with Gasteiger partial charge in [-0.1, -0.05) is 0 Å². The summed E-state index contributed by atoms with van der Waals surface area (Å²) in [6.45, 7) is 7.13. The molecule has 2 fully saturated rings. The first kappa shape index (κ1) is 13.1. The normalized spacial score (nSPS) is 28.4. The first-order valence-corrected chi connectivity index (χ1v) is 6.87. The van der Waals surface area contributed by atoms with E-state index < -0.39 is 5.38 Å². The van der Waals surface area contributed by atoms with Crippen molar-refractivity contribution in [3.8, 4) is 0 Å². The second-order valence-corrected chi connectivity index (χ2v) is 5.53. The molecule has 1 amide bonds. The number of alkyl halides is 1. The fraction of sp³-hybridized carbons (Fsp3) is 0.917. The number of nitrogens with zero attached hydrogens (tertiary/aromatic N) is 2. The maximum absolute atomic E-state index is 11.7. The Kier molecular flexibility index (Phi) is 4.65. The maximum atomic E-state index is 11.7. The number of amides is 1. The van der Waals surface area contributed by atoms with Crippen LogP contribution < -0.4 is 0 Å². The van der Waals surface area contributed by atoms with Crippen LogP contribution in [0.15, 0.2) is 0 Å². The quantitative estimate of drug-likeness (QED) is 0.708. The first-order chi connectivity index (χ1) is 8.16. The minimum atomic E-state index is -0.403. The van der Waals surface area contributed by atoms with Gasteiger partial charge >= 0.3 is 0 Å². The molecule has 2 rings (SSSR count). The molecule has 0 aromatic heterocycles. The monoisotopic (exact) mass is 260 g/mol. The standard InChI is InChI=1S/C12H21ClN2O2/c1-10(13)12(16)15-6-4-14(5-7-15)9-11-3-2-8-17-11/h10-11H,2-9H2,1H3/t10-,11+/m1/s1. The Bertz CT molecular complexity index is 259. The molecule has 0 spiro atoms. The number of hydrogen-bond acceptors (Lipinski definition) is 3. The fourth-order valence-electron chi connectivity index (χ4n) is 2.48. The molecular weight excluding hydrogens is 240 g/mol. The lowest BCUT2D eigenvalue weighted by molar-refractivity contribution is -0.132. The molecule has 0 unspecified atom stereocenters. The van der Waals surface area contributed by atoms with E-state index in [1.165, 1.54) is 12.8 Å². The summed E-state index contributed by atoms with van der Waals surface area (Å²) in [4.78, 5) is 16.0. The highest BCUT2D eigenvalue weighted by atomic mass is 35.5. The van der Waals surface area contributed by atoms with Gasteiger partial charge in [0.25, 0.3) is 0 Å². The Morgan fingerprint density at radius 1 is 1.41 bits per heavy atom. The van der Waals surface area contributed by atoms with E-state index in [-0.39, 0.29) is 5.91 Å². The fourth-order valence-corrected chi connectivity index (χ4v) is 2.62. The molecule has 0 aromatic carbocycles. The van der Waals surface area contributed by atoms with E-state index in [1.807, 2.05) is 4.90 Å². The summed E-state index contributed by atoms with van der Waals surface area (Å²) in [5.41, 5.74) is 0. The number of carbonyl (C=O) groups excluding carboxylic acids is 1. The van der Waals surface area contributed by atoms with Crippen LogP contribution in [0.1, 0.15) is 19.8 Å². The number of carbonyl (C=O) groups is 1. The molecule has 0 saturated carbocycles. The van der Waals surface area contributed by atoms with Gasteiger partial charge in [0.15, 0.2) is 0 Å². The zero-order valence-electron chi connectivity index (χ0n) is 10.4. The van der Waals surface area contributed by atoms with Crippen molar-refractivity contribution in [2.24, 2.45) is 0 Å². The summed E-state index contributed by atoms with van der Waals surface area (Å²) in [6.07, 6.45) is 2.77. The van der Waals surface area contributed by atoms with Crippen molar-refractivity contribution in [3.63, 3.8) is 0 Å². The van der Waals surface area contributed by atoms with Crippen LogP contribution in [0.2, 0.25) is 0 Å². The van der Waals surface area contributed by atoms with Crippen molar-refractivity contribution in [1.29, 1.82) is 0 Å². The van der Waals surface area contributed by atoms with Crippen molar-refractivity contribution in [3.05, 3.63) is 0 Å². The second kappa shape index (κ2) is 6.03. The molecule has 2 aliphatic heterocycles. The smallest absolute Gasteiger partial charge is 0.240 e. The summed E-state index contributed by atoms with van der Waals surface area (Å²) < 4.78 is 5.62. The Morgan fingerprint density at radius 2 is 2.12 bits per heavy atom. The highest BCUT2D eigenvalue weighted by molar-refractivity contribution is 6.30. The van der Waals surface area contributed by atoms with E-state index >= 15 is 0 Å². The Balaban J connectivity index is 1.72. The zero-order valence-corrected chi connectivity index (χ0v) is 11.2. The van der Waals surface area contributed by atoms with E-state index in [0.29, 0.717) is 6.10 Å². The molecule has 2 saturated heterocycles. The Hall–Kier alpha value is -0.320. The molecule has 98 valence electrons. The molecule has 2 heterocycles. The lowest BCUT2D eigenvalue weighted by atomic mass is 10.2. The summed E-state index contributed by atoms with van der Waals surface area (Å²) in [5.74, 6) is 0.0587. The number of ether oxygens (including phenoxy) is 1. The molecule has 0 bridgehead atoms. The molecule has 17 heavy (non-hydrogen) atoms. The minimum Gasteiger partial charge on any atom is -0.377 e. The number of rotatable bonds is 3. The molecule has 5 heteroatoms. The molecular formula is C12H21ClN2O2.